The molecule has 5 nitrogen and oxygen atoms in total. The van der Waals surface area contributed by atoms with Crippen molar-refractivity contribution in [3.63, 3.8) is 0 Å². The van der Waals surface area contributed by atoms with Crippen LogP contribution in [0.15, 0.2) is 79.0 Å². The molecule has 244 valence electrons. The van der Waals surface area contributed by atoms with Gasteiger partial charge in [-0.15, -0.1) is 35.7 Å². The van der Waals surface area contributed by atoms with Gasteiger partial charge in [0.2, 0.25) is 0 Å². The van der Waals surface area contributed by atoms with E-state index in [0.29, 0.717) is 11.5 Å². The van der Waals surface area contributed by atoms with Crippen LogP contribution >= 0.6 is 0 Å². The van der Waals surface area contributed by atoms with E-state index >= 15 is 0 Å². The fourth-order valence-electron chi connectivity index (χ4n) is 6.93. The first kappa shape index (κ1) is 33.4. The number of hydrogen-bond donors (Lipinski definition) is 0. The third-order valence-electron chi connectivity index (χ3n) is 9.18. The van der Waals surface area contributed by atoms with Crippen LogP contribution in [0, 0.1) is 39.8 Å². The van der Waals surface area contributed by atoms with E-state index in [0.717, 1.165) is 75.1 Å². The predicted molar refractivity (Wildman–Crippen MR) is 192 cm³/mol. The molecule has 0 aliphatic carbocycles. The number of aromatic nitrogens is 4. The summed E-state index contributed by atoms with van der Waals surface area (Å²) in [6, 6.07) is 32.6. The summed E-state index contributed by atoms with van der Waals surface area (Å²) in [5.74, 6) is 2.10. The zero-order valence-electron chi connectivity index (χ0n) is 28.6. The first-order valence-corrected chi connectivity index (χ1v) is 16.6. The average molecular weight is 723 g/mol. The molecule has 0 aliphatic rings. The number of aryl methyl sites for hydroxylation is 6. The Hall–Kier alpha value is -4.50. The van der Waals surface area contributed by atoms with Crippen LogP contribution in [0.1, 0.15) is 60.0 Å². The number of rotatable bonds is 8. The van der Waals surface area contributed by atoms with Crippen LogP contribution in [-0.2, 0) is 39.7 Å². The van der Waals surface area contributed by atoms with E-state index in [9.17, 15) is 0 Å². The molecule has 3 aromatic heterocycles. The summed E-state index contributed by atoms with van der Waals surface area (Å²) in [6.07, 6.45) is 4.85. The second kappa shape index (κ2) is 13.6. The number of ether oxygens (including phenoxy) is 1. The predicted octanol–water partition coefficient (Wildman–Crippen LogP) is 10.3. The smallest absolute Gasteiger partial charge is 0.509 e. The van der Waals surface area contributed by atoms with Gasteiger partial charge in [-0.05, 0) is 97.1 Å². The molecule has 0 bridgehead atoms. The quantitative estimate of drug-likeness (QED) is 0.116. The van der Waals surface area contributed by atoms with Gasteiger partial charge in [0.1, 0.15) is 5.82 Å². The standard InChI is InChI=1S/C42H40N4O.Pd/c1-8-30-22-31(9-2)42(32(10-3)23-30)41-28(6)44-46(29(41)7)33-19-27(5)20-35(24-33)47-34-15-16-37-36-13-11-12-14-38(36)45(39(37)25-34)40-21-26(4)17-18-43-40;/h11-23H,8-10H2,1-7H3;/q-2;+2. The summed E-state index contributed by atoms with van der Waals surface area (Å²) in [6.45, 7) is 15.2. The molecular formula is C42H40N4OPd. The molecule has 48 heavy (non-hydrogen) atoms. The molecule has 6 heteroatoms. The molecule has 0 amide bonds. The van der Waals surface area contributed by atoms with E-state index in [-0.39, 0.29) is 20.4 Å². The number of pyridine rings is 1. The molecule has 3 heterocycles. The first-order valence-electron chi connectivity index (χ1n) is 16.6. The minimum absolute atomic E-state index is 0. The summed E-state index contributed by atoms with van der Waals surface area (Å²) in [5.41, 5.74) is 13.9. The van der Waals surface area contributed by atoms with Crippen molar-refractivity contribution in [2.24, 2.45) is 0 Å². The van der Waals surface area contributed by atoms with Gasteiger partial charge in [-0.1, -0.05) is 63.5 Å². The normalized spacial score (nSPS) is 11.3. The molecule has 0 N–H and O–H groups in total. The van der Waals surface area contributed by atoms with Gasteiger partial charge in [-0.2, -0.15) is 16.7 Å². The van der Waals surface area contributed by atoms with Crippen molar-refractivity contribution in [3.05, 3.63) is 130 Å². The zero-order valence-corrected chi connectivity index (χ0v) is 30.2. The van der Waals surface area contributed by atoms with Crippen molar-refractivity contribution < 1.29 is 25.2 Å². The Labute approximate surface area is 297 Å². The average Bonchev–Trinajstić information content (AvgIpc) is 3.56. The van der Waals surface area contributed by atoms with Crippen molar-refractivity contribution in [1.29, 1.82) is 0 Å². The molecule has 0 aliphatic heterocycles. The number of hydrogen-bond acceptors (Lipinski definition) is 3. The van der Waals surface area contributed by atoms with E-state index in [1.807, 2.05) is 29.1 Å². The second-order valence-corrected chi connectivity index (χ2v) is 12.4. The Morgan fingerprint density at radius 2 is 1.46 bits per heavy atom. The molecule has 0 unspecified atom stereocenters. The van der Waals surface area contributed by atoms with Crippen molar-refractivity contribution >= 4 is 21.8 Å². The van der Waals surface area contributed by atoms with Crippen molar-refractivity contribution in [1.82, 2.24) is 19.3 Å². The summed E-state index contributed by atoms with van der Waals surface area (Å²) >= 11 is 0. The Balaban J connectivity index is 0.00000401. The van der Waals surface area contributed by atoms with Gasteiger partial charge in [0.05, 0.1) is 5.69 Å². The van der Waals surface area contributed by atoms with Crippen LogP contribution in [0.4, 0.5) is 0 Å². The molecule has 7 aromatic rings. The summed E-state index contributed by atoms with van der Waals surface area (Å²) in [5, 5.41) is 7.32. The Morgan fingerprint density at radius 3 is 2.17 bits per heavy atom. The maximum Gasteiger partial charge on any atom is 2.00 e. The Bertz CT molecular complexity index is 2270. The van der Waals surface area contributed by atoms with Gasteiger partial charge in [0.15, 0.2) is 0 Å². The van der Waals surface area contributed by atoms with Crippen LogP contribution in [0.3, 0.4) is 0 Å². The topological polar surface area (TPSA) is 44.9 Å². The minimum atomic E-state index is 0. The second-order valence-electron chi connectivity index (χ2n) is 12.4. The van der Waals surface area contributed by atoms with Crippen LogP contribution < -0.4 is 4.74 Å². The van der Waals surface area contributed by atoms with E-state index in [4.69, 9.17) is 14.8 Å². The molecule has 0 spiro atoms. The van der Waals surface area contributed by atoms with Crippen molar-refractivity contribution in [3.8, 4) is 34.1 Å². The van der Waals surface area contributed by atoms with E-state index in [2.05, 4.69) is 120 Å². The molecule has 7 rings (SSSR count). The number of nitrogens with zero attached hydrogens (tertiary/aromatic N) is 4. The van der Waals surface area contributed by atoms with Crippen molar-refractivity contribution in [2.45, 2.75) is 67.7 Å². The molecular weight excluding hydrogens is 683 g/mol. The van der Waals surface area contributed by atoms with Crippen LogP contribution in [0.2, 0.25) is 0 Å². The van der Waals surface area contributed by atoms with Gasteiger partial charge in [-0.25, -0.2) is 4.98 Å². The fraction of sp³-hybridized carbons (Fsp3) is 0.238. The third kappa shape index (κ3) is 5.89. The number of benzene rings is 4. The molecule has 0 saturated heterocycles. The van der Waals surface area contributed by atoms with Crippen LogP contribution in [0.5, 0.6) is 11.5 Å². The molecule has 0 atom stereocenters. The number of para-hydroxylation sites is 1. The SMILES string of the molecule is CCc1cc(CC)c(-c2c(C)nn(-c3[c-]c(Oc4[c-]c5c(cc4)c4ccccc4n5-c4cc(C)ccn4)cc(C)c3)c2C)c(CC)c1.[Pd+2]. The Kier molecular flexibility index (Phi) is 9.43. The monoisotopic (exact) mass is 722 g/mol. The summed E-state index contributed by atoms with van der Waals surface area (Å²) in [4.78, 5) is 4.71. The number of fused-ring (bicyclic) bond motifs is 3. The maximum atomic E-state index is 6.51. The zero-order chi connectivity index (χ0) is 32.8. The molecule has 0 saturated carbocycles. The van der Waals surface area contributed by atoms with Gasteiger partial charge >= 0.3 is 20.4 Å². The Morgan fingerprint density at radius 1 is 0.708 bits per heavy atom. The molecule has 0 radical (unpaired) electrons. The van der Waals surface area contributed by atoms with Crippen LogP contribution in [-0.4, -0.2) is 19.3 Å². The van der Waals surface area contributed by atoms with Crippen LogP contribution in [0.25, 0.3) is 44.4 Å². The molecule has 4 aromatic carbocycles. The van der Waals surface area contributed by atoms with Gasteiger partial charge < -0.3 is 9.30 Å². The van der Waals surface area contributed by atoms with Gasteiger partial charge in [-0.3, -0.25) is 4.68 Å². The summed E-state index contributed by atoms with van der Waals surface area (Å²) in [7, 11) is 0. The molecule has 0 fully saturated rings. The maximum absolute atomic E-state index is 6.51. The van der Waals surface area contributed by atoms with E-state index < -0.39 is 0 Å². The van der Waals surface area contributed by atoms with Gasteiger partial charge in [0.25, 0.3) is 0 Å². The van der Waals surface area contributed by atoms with Gasteiger partial charge in [0, 0.05) is 34.5 Å². The third-order valence-corrected chi connectivity index (χ3v) is 9.18. The summed E-state index contributed by atoms with van der Waals surface area (Å²) < 4.78 is 10.7. The fourth-order valence-corrected chi connectivity index (χ4v) is 6.93. The van der Waals surface area contributed by atoms with Crippen molar-refractivity contribution in [2.75, 3.05) is 0 Å². The minimum Gasteiger partial charge on any atom is -0.509 e. The largest absolute Gasteiger partial charge is 2.00 e. The van der Waals surface area contributed by atoms with E-state index in [1.165, 1.54) is 27.8 Å². The first-order chi connectivity index (χ1) is 22.8. The van der Waals surface area contributed by atoms with E-state index in [1.54, 1.807) is 0 Å².